The fourth-order valence-corrected chi connectivity index (χ4v) is 2.95. The van der Waals surface area contributed by atoms with E-state index in [1.807, 2.05) is 12.1 Å². The number of rotatable bonds is 2. The summed E-state index contributed by atoms with van der Waals surface area (Å²) < 4.78 is 13.1. The van der Waals surface area contributed by atoms with Crippen LogP contribution in [0.15, 0.2) is 36.4 Å². The number of aromatic nitrogens is 1. The number of hydrogen-bond donors (Lipinski definition) is 0. The number of fused-ring (bicyclic) bond motifs is 3. The van der Waals surface area contributed by atoms with Gasteiger partial charge in [0.2, 0.25) is 0 Å². The normalized spacial score (nSPS) is 12.0. The Labute approximate surface area is 125 Å². The van der Waals surface area contributed by atoms with Gasteiger partial charge in [-0.15, -0.1) is 0 Å². The van der Waals surface area contributed by atoms with Crippen molar-refractivity contribution in [2.75, 3.05) is 14.2 Å². The summed E-state index contributed by atoms with van der Waals surface area (Å²) in [5, 5.41) is 2.48. The van der Waals surface area contributed by atoms with Crippen molar-refractivity contribution in [2.45, 2.75) is 26.3 Å². The topological polar surface area (TPSA) is 23.4 Å². The van der Waals surface area contributed by atoms with Crippen LogP contribution in [0.25, 0.3) is 21.8 Å². The largest absolute Gasteiger partial charge is 0.497 e. The molecular weight excluding hydrogens is 262 g/mol. The molecule has 0 spiro atoms. The molecule has 21 heavy (non-hydrogen) atoms. The van der Waals surface area contributed by atoms with Gasteiger partial charge < -0.3 is 14.0 Å². The summed E-state index contributed by atoms with van der Waals surface area (Å²) in [5.41, 5.74) is 2.34. The number of nitrogens with zero attached hydrogens (tertiary/aromatic N) is 1. The molecule has 0 unspecified atom stereocenters. The van der Waals surface area contributed by atoms with E-state index < -0.39 is 0 Å². The van der Waals surface area contributed by atoms with Gasteiger partial charge in [0.25, 0.3) is 0 Å². The lowest BCUT2D eigenvalue weighted by Crippen LogP contribution is -2.21. The molecule has 3 heteroatoms. The first-order chi connectivity index (χ1) is 9.95. The van der Waals surface area contributed by atoms with Crippen molar-refractivity contribution in [3.05, 3.63) is 36.4 Å². The molecule has 3 nitrogen and oxygen atoms in total. The minimum Gasteiger partial charge on any atom is -0.497 e. The highest BCUT2D eigenvalue weighted by Crippen LogP contribution is 2.37. The maximum Gasteiger partial charge on any atom is 0.120 e. The Morgan fingerprint density at radius 1 is 0.762 bits per heavy atom. The summed E-state index contributed by atoms with van der Waals surface area (Å²) in [7, 11) is 3.41. The van der Waals surface area contributed by atoms with E-state index in [1.165, 1.54) is 21.8 Å². The van der Waals surface area contributed by atoms with E-state index in [1.54, 1.807) is 14.2 Å². The number of methoxy groups -OCH3 is 2. The molecule has 0 aliphatic rings. The lowest BCUT2D eigenvalue weighted by molar-refractivity contribution is 0.408. The van der Waals surface area contributed by atoms with Crippen LogP contribution in [0.5, 0.6) is 11.5 Å². The van der Waals surface area contributed by atoms with Gasteiger partial charge >= 0.3 is 0 Å². The first-order valence-electron chi connectivity index (χ1n) is 7.12. The molecule has 1 heterocycles. The number of ether oxygens (including phenoxy) is 2. The second-order valence-electron chi connectivity index (χ2n) is 6.27. The van der Waals surface area contributed by atoms with Crippen LogP contribution >= 0.6 is 0 Å². The van der Waals surface area contributed by atoms with Gasteiger partial charge in [0.1, 0.15) is 11.5 Å². The summed E-state index contributed by atoms with van der Waals surface area (Å²) in [4.78, 5) is 0. The molecule has 110 valence electrons. The monoisotopic (exact) mass is 283 g/mol. The molecule has 0 aliphatic heterocycles. The van der Waals surface area contributed by atoms with E-state index in [0.717, 1.165) is 11.5 Å². The molecule has 0 amide bonds. The molecule has 0 fully saturated rings. The molecule has 3 rings (SSSR count). The SMILES string of the molecule is COc1ccc2c3ccc(OC)cc3n(C(C)(C)C)c2c1. The molecule has 0 saturated carbocycles. The zero-order chi connectivity index (χ0) is 15.2. The fourth-order valence-electron chi connectivity index (χ4n) is 2.95. The molecule has 0 N–H and O–H groups in total. The summed E-state index contributed by atoms with van der Waals surface area (Å²) in [6.07, 6.45) is 0. The average Bonchev–Trinajstić information content (AvgIpc) is 2.79. The molecule has 0 atom stereocenters. The highest BCUT2D eigenvalue weighted by atomic mass is 16.5. The van der Waals surface area contributed by atoms with E-state index in [4.69, 9.17) is 9.47 Å². The van der Waals surface area contributed by atoms with Crippen molar-refractivity contribution in [3.63, 3.8) is 0 Å². The standard InChI is InChI=1S/C18H21NO2/c1-18(2,3)19-16-10-12(20-4)6-8-14(16)15-9-7-13(21-5)11-17(15)19/h6-11H,1-5H3. The van der Waals surface area contributed by atoms with Crippen LogP contribution in [0.2, 0.25) is 0 Å². The molecule has 1 aromatic heterocycles. The Morgan fingerprint density at radius 2 is 1.19 bits per heavy atom. The second-order valence-corrected chi connectivity index (χ2v) is 6.27. The van der Waals surface area contributed by atoms with Crippen LogP contribution in [0.4, 0.5) is 0 Å². The van der Waals surface area contributed by atoms with Gasteiger partial charge in [-0.2, -0.15) is 0 Å². The Bertz CT molecular complexity index is 748. The smallest absolute Gasteiger partial charge is 0.120 e. The molecular formula is C18H21NO2. The quantitative estimate of drug-likeness (QED) is 0.688. The van der Waals surface area contributed by atoms with Gasteiger partial charge in [0, 0.05) is 28.4 Å². The predicted octanol–water partition coefficient (Wildman–Crippen LogP) is 4.57. The van der Waals surface area contributed by atoms with Crippen molar-refractivity contribution >= 4 is 21.8 Å². The van der Waals surface area contributed by atoms with E-state index in [-0.39, 0.29) is 5.54 Å². The first kappa shape index (κ1) is 13.8. The van der Waals surface area contributed by atoms with E-state index in [0.29, 0.717) is 0 Å². The Morgan fingerprint density at radius 3 is 1.52 bits per heavy atom. The maximum atomic E-state index is 5.39. The van der Waals surface area contributed by atoms with Crippen LogP contribution in [0.1, 0.15) is 20.8 Å². The minimum atomic E-state index is -0.0290. The third kappa shape index (κ3) is 2.13. The van der Waals surface area contributed by atoms with Gasteiger partial charge in [-0.25, -0.2) is 0 Å². The summed E-state index contributed by atoms with van der Waals surface area (Å²) in [6.45, 7) is 6.64. The molecule has 2 aromatic carbocycles. The maximum absolute atomic E-state index is 5.39. The van der Waals surface area contributed by atoms with Gasteiger partial charge in [0.15, 0.2) is 0 Å². The zero-order valence-electron chi connectivity index (χ0n) is 13.2. The number of benzene rings is 2. The third-order valence-corrected chi connectivity index (χ3v) is 3.85. The highest BCUT2D eigenvalue weighted by Gasteiger charge is 2.21. The van der Waals surface area contributed by atoms with Gasteiger partial charge in [-0.3, -0.25) is 0 Å². The third-order valence-electron chi connectivity index (χ3n) is 3.85. The zero-order valence-corrected chi connectivity index (χ0v) is 13.2. The summed E-state index contributed by atoms with van der Waals surface area (Å²) in [6, 6.07) is 12.5. The van der Waals surface area contributed by atoms with Crippen LogP contribution in [-0.2, 0) is 5.54 Å². The highest BCUT2D eigenvalue weighted by molar-refractivity contribution is 6.09. The van der Waals surface area contributed by atoms with Crippen molar-refractivity contribution in [1.82, 2.24) is 4.57 Å². The van der Waals surface area contributed by atoms with Crippen LogP contribution in [0, 0.1) is 0 Å². The fraction of sp³-hybridized carbons (Fsp3) is 0.333. The van der Waals surface area contributed by atoms with Crippen molar-refractivity contribution in [1.29, 1.82) is 0 Å². The van der Waals surface area contributed by atoms with Gasteiger partial charge in [-0.1, -0.05) is 0 Å². The number of hydrogen-bond acceptors (Lipinski definition) is 2. The molecule has 0 radical (unpaired) electrons. The van der Waals surface area contributed by atoms with E-state index in [2.05, 4.69) is 49.6 Å². The van der Waals surface area contributed by atoms with Crippen LogP contribution in [-0.4, -0.2) is 18.8 Å². The molecule has 0 saturated heterocycles. The lowest BCUT2D eigenvalue weighted by Gasteiger charge is -2.24. The Balaban J connectivity index is 2.49. The van der Waals surface area contributed by atoms with E-state index >= 15 is 0 Å². The second kappa shape index (κ2) is 4.69. The molecule has 0 bridgehead atoms. The van der Waals surface area contributed by atoms with E-state index in [9.17, 15) is 0 Å². The summed E-state index contributed by atoms with van der Waals surface area (Å²) >= 11 is 0. The Kier molecular flexibility index (Phi) is 3.08. The van der Waals surface area contributed by atoms with Crippen LogP contribution < -0.4 is 9.47 Å². The lowest BCUT2D eigenvalue weighted by atomic mass is 10.1. The summed E-state index contributed by atoms with van der Waals surface area (Å²) in [5.74, 6) is 1.76. The first-order valence-corrected chi connectivity index (χ1v) is 7.12. The van der Waals surface area contributed by atoms with Crippen molar-refractivity contribution < 1.29 is 9.47 Å². The van der Waals surface area contributed by atoms with Crippen molar-refractivity contribution in [3.8, 4) is 11.5 Å². The minimum absolute atomic E-state index is 0.0290. The van der Waals surface area contributed by atoms with Gasteiger partial charge in [0.05, 0.1) is 25.3 Å². The molecule has 0 aliphatic carbocycles. The van der Waals surface area contributed by atoms with Gasteiger partial charge in [-0.05, 0) is 45.0 Å². The average molecular weight is 283 g/mol. The van der Waals surface area contributed by atoms with Crippen molar-refractivity contribution in [2.24, 2.45) is 0 Å². The molecule has 3 aromatic rings. The van der Waals surface area contributed by atoms with Crippen LogP contribution in [0.3, 0.4) is 0 Å². The predicted molar refractivity (Wildman–Crippen MR) is 87.5 cm³/mol. The Hall–Kier alpha value is -2.16.